The van der Waals surface area contributed by atoms with Crippen LogP contribution in [-0.2, 0) is 9.59 Å². The predicted octanol–water partition coefficient (Wildman–Crippen LogP) is 3.61. The van der Waals surface area contributed by atoms with E-state index in [1.165, 1.54) is 19.3 Å². The maximum absolute atomic E-state index is 12.8. The SMILES string of the molecule is O=C(CNC(=O)C12CC3CC(CC(C3)C1)C2)Nc1ccccc1Cl. The third-order valence-corrected chi connectivity index (χ3v) is 6.41. The molecule has 4 fully saturated rings. The zero-order valence-electron chi connectivity index (χ0n) is 13.7. The molecule has 1 aromatic carbocycles. The smallest absolute Gasteiger partial charge is 0.243 e. The molecule has 4 aliphatic rings. The lowest BCUT2D eigenvalue weighted by Crippen LogP contribution is -2.54. The number of hydrogen-bond acceptors (Lipinski definition) is 2. The Bertz CT molecular complexity index is 638. The summed E-state index contributed by atoms with van der Waals surface area (Å²) < 4.78 is 0. The number of anilines is 1. The Hall–Kier alpha value is -1.55. The summed E-state index contributed by atoms with van der Waals surface area (Å²) in [7, 11) is 0. The van der Waals surface area contributed by atoms with Crippen molar-refractivity contribution in [3.8, 4) is 0 Å². The molecule has 5 heteroatoms. The van der Waals surface area contributed by atoms with Gasteiger partial charge in [-0.2, -0.15) is 0 Å². The van der Waals surface area contributed by atoms with Gasteiger partial charge in [-0.15, -0.1) is 0 Å². The van der Waals surface area contributed by atoms with Gasteiger partial charge >= 0.3 is 0 Å². The van der Waals surface area contributed by atoms with Gasteiger partial charge in [0.05, 0.1) is 17.3 Å². The van der Waals surface area contributed by atoms with Gasteiger partial charge in [-0.1, -0.05) is 23.7 Å². The third-order valence-electron chi connectivity index (χ3n) is 6.08. The van der Waals surface area contributed by atoms with Crippen molar-refractivity contribution in [1.29, 1.82) is 0 Å². The third kappa shape index (κ3) is 2.92. The minimum Gasteiger partial charge on any atom is -0.347 e. The molecule has 4 aliphatic carbocycles. The molecule has 2 amide bonds. The van der Waals surface area contributed by atoms with Crippen molar-refractivity contribution in [1.82, 2.24) is 5.32 Å². The van der Waals surface area contributed by atoms with Crippen LogP contribution in [0.25, 0.3) is 0 Å². The molecule has 24 heavy (non-hydrogen) atoms. The first-order valence-electron chi connectivity index (χ1n) is 8.87. The van der Waals surface area contributed by atoms with E-state index in [0.29, 0.717) is 10.7 Å². The Morgan fingerprint density at radius 1 is 1.04 bits per heavy atom. The Morgan fingerprint density at radius 3 is 2.21 bits per heavy atom. The Balaban J connectivity index is 1.35. The molecule has 5 rings (SSSR count). The van der Waals surface area contributed by atoms with E-state index in [9.17, 15) is 9.59 Å². The standard InChI is InChI=1S/C19H23ClN2O2/c20-15-3-1-2-4-16(15)22-17(23)11-21-18(24)19-8-12-5-13(9-19)7-14(6-12)10-19/h1-4,12-14H,5-11H2,(H,21,24)(H,22,23). The highest BCUT2D eigenvalue weighted by Crippen LogP contribution is 2.60. The van der Waals surface area contributed by atoms with Gasteiger partial charge < -0.3 is 10.6 Å². The van der Waals surface area contributed by atoms with E-state index in [1.807, 2.05) is 12.1 Å². The molecule has 2 N–H and O–H groups in total. The van der Waals surface area contributed by atoms with Crippen LogP contribution in [0.1, 0.15) is 38.5 Å². The number of halogens is 1. The molecule has 0 radical (unpaired) electrons. The van der Waals surface area contributed by atoms with Gasteiger partial charge in [0.2, 0.25) is 11.8 Å². The van der Waals surface area contributed by atoms with Crippen molar-refractivity contribution in [3.63, 3.8) is 0 Å². The molecule has 0 aromatic heterocycles. The van der Waals surface area contributed by atoms with E-state index >= 15 is 0 Å². The molecular formula is C19H23ClN2O2. The van der Waals surface area contributed by atoms with Crippen LogP contribution in [0.4, 0.5) is 5.69 Å². The van der Waals surface area contributed by atoms with Crippen LogP contribution in [0.3, 0.4) is 0 Å². The second-order valence-electron chi connectivity index (χ2n) is 7.91. The zero-order chi connectivity index (χ0) is 16.7. The first kappa shape index (κ1) is 15.9. The summed E-state index contributed by atoms with van der Waals surface area (Å²) in [6.07, 6.45) is 6.95. The number of para-hydroxylation sites is 1. The highest BCUT2D eigenvalue weighted by Gasteiger charge is 2.54. The van der Waals surface area contributed by atoms with Gasteiger partial charge in [0.25, 0.3) is 0 Å². The quantitative estimate of drug-likeness (QED) is 0.875. The number of rotatable bonds is 4. The molecule has 0 unspecified atom stereocenters. The van der Waals surface area contributed by atoms with E-state index < -0.39 is 0 Å². The number of hydrogen-bond donors (Lipinski definition) is 2. The monoisotopic (exact) mass is 346 g/mol. The van der Waals surface area contributed by atoms with Crippen molar-refractivity contribution >= 4 is 29.1 Å². The summed E-state index contributed by atoms with van der Waals surface area (Å²) in [6, 6.07) is 7.11. The van der Waals surface area contributed by atoms with E-state index in [-0.39, 0.29) is 23.8 Å². The Labute approximate surface area is 147 Å². The minimum absolute atomic E-state index is 0.00576. The summed E-state index contributed by atoms with van der Waals surface area (Å²) >= 11 is 6.04. The van der Waals surface area contributed by atoms with Crippen LogP contribution in [-0.4, -0.2) is 18.4 Å². The molecule has 0 aliphatic heterocycles. The number of nitrogens with one attached hydrogen (secondary N) is 2. The average molecular weight is 347 g/mol. The fourth-order valence-corrected chi connectivity index (χ4v) is 5.68. The van der Waals surface area contributed by atoms with Crippen LogP contribution in [0.15, 0.2) is 24.3 Å². The van der Waals surface area contributed by atoms with E-state index in [2.05, 4.69) is 10.6 Å². The zero-order valence-corrected chi connectivity index (χ0v) is 14.4. The van der Waals surface area contributed by atoms with E-state index in [0.717, 1.165) is 37.0 Å². The Morgan fingerprint density at radius 2 is 1.62 bits per heavy atom. The van der Waals surface area contributed by atoms with E-state index in [1.54, 1.807) is 12.1 Å². The van der Waals surface area contributed by atoms with Gasteiger partial charge in [0, 0.05) is 5.41 Å². The van der Waals surface area contributed by atoms with Crippen molar-refractivity contribution in [2.24, 2.45) is 23.2 Å². The van der Waals surface area contributed by atoms with Crippen molar-refractivity contribution in [3.05, 3.63) is 29.3 Å². The molecule has 128 valence electrons. The fourth-order valence-electron chi connectivity index (χ4n) is 5.49. The molecule has 4 nitrogen and oxygen atoms in total. The van der Waals surface area contributed by atoms with Gasteiger partial charge in [-0.05, 0) is 68.4 Å². The second kappa shape index (κ2) is 6.07. The van der Waals surface area contributed by atoms with Crippen LogP contribution >= 0.6 is 11.6 Å². The average Bonchev–Trinajstić information content (AvgIpc) is 2.53. The van der Waals surface area contributed by atoms with Crippen LogP contribution in [0.2, 0.25) is 5.02 Å². The van der Waals surface area contributed by atoms with Crippen LogP contribution < -0.4 is 10.6 Å². The summed E-state index contributed by atoms with van der Waals surface area (Å²) in [5.41, 5.74) is 0.368. The summed E-state index contributed by atoms with van der Waals surface area (Å²) in [4.78, 5) is 24.9. The van der Waals surface area contributed by atoms with E-state index in [4.69, 9.17) is 11.6 Å². The molecule has 4 saturated carbocycles. The summed E-state index contributed by atoms with van der Waals surface area (Å²) in [5, 5.41) is 6.14. The van der Waals surface area contributed by atoms with Gasteiger partial charge in [-0.3, -0.25) is 9.59 Å². The van der Waals surface area contributed by atoms with Crippen LogP contribution in [0.5, 0.6) is 0 Å². The molecule has 0 heterocycles. The van der Waals surface area contributed by atoms with Gasteiger partial charge in [0.1, 0.15) is 0 Å². The Kier molecular flexibility index (Phi) is 4.03. The number of carbonyl (C=O) groups excluding carboxylic acids is 2. The lowest BCUT2D eigenvalue weighted by molar-refractivity contribution is -0.146. The first-order chi connectivity index (χ1) is 11.5. The highest BCUT2D eigenvalue weighted by atomic mass is 35.5. The van der Waals surface area contributed by atoms with Crippen molar-refractivity contribution in [2.75, 3.05) is 11.9 Å². The lowest BCUT2D eigenvalue weighted by atomic mass is 9.49. The topological polar surface area (TPSA) is 58.2 Å². The van der Waals surface area contributed by atoms with Crippen LogP contribution in [0, 0.1) is 23.2 Å². The fraction of sp³-hybridized carbons (Fsp3) is 0.579. The summed E-state index contributed by atoms with van der Waals surface area (Å²) in [5.74, 6) is 2.01. The maximum Gasteiger partial charge on any atom is 0.243 e. The minimum atomic E-state index is -0.235. The second-order valence-corrected chi connectivity index (χ2v) is 8.32. The molecule has 4 bridgehead atoms. The number of benzene rings is 1. The normalized spacial score (nSPS) is 33.3. The predicted molar refractivity (Wildman–Crippen MR) is 93.7 cm³/mol. The lowest BCUT2D eigenvalue weighted by Gasteiger charge is -2.55. The number of carbonyl (C=O) groups is 2. The summed E-state index contributed by atoms with van der Waals surface area (Å²) in [6.45, 7) is 0.00576. The van der Waals surface area contributed by atoms with Crippen molar-refractivity contribution in [2.45, 2.75) is 38.5 Å². The largest absolute Gasteiger partial charge is 0.347 e. The highest BCUT2D eigenvalue weighted by molar-refractivity contribution is 6.33. The van der Waals surface area contributed by atoms with Gasteiger partial charge in [0.15, 0.2) is 0 Å². The molecule has 1 aromatic rings. The van der Waals surface area contributed by atoms with Crippen molar-refractivity contribution < 1.29 is 9.59 Å². The van der Waals surface area contributed by atoms with Gasteiger partial charge in [-0.25, -0.2) is 0 Å². The molecule has 0 spiro atoms. The molecule has 0 atom stereocenters. The molecular weight excluding hydrogens is 324 g/mol. The first-order valence-corrected chi connectivity index (χ1v) is 9.24. The molecule has 0 saturated heterocycles. The maximum atomic E-state index is 12.8. The number of amides is 2.